The Kier molecular flexibility index (Phi) is 10.6. The van der Waals surface area contributed by atoms with Gasteiger partial charge in [-0.25, -0.2) is 0 Å². The van der Waals surface area contributed by atoms with Gasteiger partial charge in [0.25, 0.3) is 6.71 Å². The smallest absolute Gasteiger partial charge is 0.297 e. The fourth-order valence-electron chi connectivity index (χ4n) is 14.5. The van der Waals surface area contributed by atoms with Crippen LogP contribution >= 0.6 is 0 Å². The number of hydrogen-bond donors (Lipinski definition) is 0. The quantitative estimate of drug-likeness (QED) is 0.165. The molecule has 2 aliphatic heterocycles. The normalized spacial score (nSPS) is 20.2. The Labute approximate surface area is 452 Å². The molecule has 0 N–H and O–H groups in total. The van der Waals surface area contributed by atoms with Gasteiger partial charge in [-0.2, -0.15) is 0 Å². The molecule has 0 fully saturated rings. The van der Waals surface area contributed by atoms with Crippen molar-refractivity contribution in [1.29, 1.82) is 0 Å². The first-order valence-corrected chi connectivity index (χ1v) is 28.7. The Hall–Kier alpha value is -5.48. The fraction of sp³-hybridized carbons (Fsp3) is 0.465. The molecule has 7 aromatic rings. The molecule has 0 saturated heterocycles. The molecule has 12 rings (SSSR count). The van der Waals surface area contributed by atoms with Gasteiger partial charge >= 0.3 is 0 Å². The lowest BCUT2D eigenvalue weighted by Crippen LogP contribution is -2.61. The highest BCUT2D eigenvalue weighted by molar-refractivity contribution is 7.00. The molecule has 0 bridgehead atoms. The number of furan rings is 1. The topological polar surface area (TPSA) is 19.6 Å². The Balaban J connectivity index is 1.27. The highest BCUT2D eigenvalue weighted by Gasteiger charge is 2.51. The maximum Gasteiger partial charge on any atom is 0.297 e. The van der Waals surface area contributed by atoms with Crippen LogP contribution in [0.3, 0.4) is 0 Å². The molecule has 0 radical (unpaired) electrons. The molecule has 75 heavy (non-hydrogen) atoms. The van der Waals surface area contributed by atoms with E-state index in [9.17, 15) is 0 Å². The largest absolute Gasteiger partial charge is 0.468 e. The Morgan fingerprint density at radius 3 is 1.40 bits per heavy atom. The van der Waals surface area contributed by atoms with E-state index in [2.05, 4.69) is 238 Å². The second kappa shape index (κ2) is 15.8. The van der Waals surface area contributed by atoms with Gasteiger partial charge in [-0.05, 0) is 210 Å². The highest BCUT2D eigenvalue weighted by atomic mass is 16.3. The minimum Gasteiger partial charge on any atom is -0.468 e. The molecule has 5 aliphatic rings. The van der Waals surface area contributed by atoms with Gasteiger partial charge in [0.15, 0.2) is 0 Å². The van der Waals surface area contributed by atoms with E-state index >= 15 is 0 Å². The van der Waals surface area contributed by atoms with E-state index in [1.165, 1.54) is 112 Å². The van der Waals surface area contributed by atoms with Gasteiger partial charge in [-0.1, -0.05) is 167 Å². The molecule has 0 unspecified atom stereocenters. The summed E-state index contributed by atoms with van der Waals surface area (Å²) in [6, 6.07) is 39.5. The summed E-state index contributed by atoms with van der Waals surface area (Å²) in [5.41, 5.74) is 27.5. The summed E-state index contributed by atoms with van der Waals surface area (Å²) in [7, 11) is 0. The van der Waals surface area contributed by atoms with Crippen LogP contribution in [-0.2, 0) is 43.3 Å². The molecular weight excluding hydrogens is 908 g/mol. The van der Waals surface area contributed by atoms with E-state index in [0.717, 1.165) is 49.8 Å². The molecule has 3 aliphatic carbocycles. The predicted octanol–water partition coefficient (Wildman–Crippen LogP) is 18.1. The second-order valence-corrected chi connectivity index (χ2v) is 30.3. The van der Waals surface area contributed by atoms with Gasteiger partial charge in [0.1, 0.15) is 5.58 Å². The first kappa shape index (κ1) is 50.3. The van der Waals surface area contributed by atoms with E-state index in [-0.39, 0.29) is 50.0 Å². The molecule has 0 atom stereocenters. The second-order valence-electron chi connectivity index (χ2n) is 30.3. The van der Waals surface area contributed by atoms with Crippen LogP contribution in [0.4, 0.5) is 34.1 Å². The van der Waals surface area contributed by atoms with Crippen molar-refractivity contribution >= 4 is 68.4 Å². The van der Waals surface area contributed by atoms with E-state index in [4.69, 9.17) is 4.42 Å². The van der Waals surface area contributed by atoms with Crippen LogP contribution in [0.15, 0.2) is 101 Å². The van der Waals surface area contributed by atoms with Gasteiger partial charge in [0.2, 0.25) is 0 Å². The van der Waals surface area contributed by atoms with Crippen molar-refractivity contribution in [3.05, 3.63) is 147 Å². The number of benzene rings is 6. The molecule has 3 nitrogen and oxygen atoms in total. The van der Waals surface area contributed by atoms with Crippen molar-refractivity contribution in [2.24, 2.45) is 0 Å². The van der Waals surface area contributed by atoms with Gasteiger partial charge in [0.05, 0.1) is 17.0 Å². The highest BCUT2D eigenvalue weighted by Crippen LogP contribution is 2.57. The van der Waals surface area contributed by atoms with Crippen molar-refractivity contribution in [2.45, 2.75) is 213 Å². The molecule has 6 aromatic carbocycles. The summed E-state index contributed by atoms with van der Waals surface area (Å²) in [4.78, 5) is 5.42. The van der Waals surface area contributed by atoms with Crippen LogP contribution in [0, 0.1) is 6.92 Å². The summed E-state index contributed by atoms with van der Waals surface area (Å²) in [5, 5.41) is 1.22. The molecule has 3 heterocycles. The zero-order valence-corrected chi connectivity index (χ0v) is 49.4. The first-order chi connectivity index (χ1) is 34.8. The zero-order chi connectivity index (χ0) is 53.7. The zero-order valence-electron chi connectivity index (χ0n) is 49.4. The van der Waals surface area contributed by atoms with Gasteiger partial charge in [0, 0.05) is 33.7 Å². The molecule has 4 heteroatoms. The molecular formula is C71H85BN2O. The molecule has 0 amide bonds. The van der Waals surface area contributed by atoms with Crippen LogP contribution in [0.5, 0.6) is 0 Å². The number of hydrogen-bond acceptors (Lipinski definition) is 3. The van der Waals surface area contributed by atoms with Crippen LogP contribution in [0.2, 0.25) is 0 Å². The average Bonchev–Trinajstić information content (AvgIpc) is 3.77. The van der Waals surface area contributed by atoms with Gasteiger partial charge in [-0.15, -0.1) is 0 Å². The molecule has 0 saturated carbocycles. The van der Waals surface area contributed by atoms with Crippen LogP contribution in [0.1, 0.15) is 213 Å². The van der Waals surface area contributed by atoms with E-state index in [0.29, 0.717) is 0 Å². The number of anilines is 6. The lowest BCUT2D eigenvalue weighted by molar-refractivity contribution is 0.332. The van der Waals surface area contributed by atoms with Crippen molar-refractivity contribution in [3.8, 4) is 11.1 Å². The van der Waals surface area contributed by atoms with E-state index < -0.39 is 0 Å². The lowest BCUT2D eigenvalue weighted by atomic mass is 9.35. The third-order valence-electron chi connectivity index (χ3n) is 20.0. The summed E-state index contributed by atoms with van der Waals surface area (Å²) in [6.07, 6.45) is 6.92. The van der Waals surface area contributed by atoms with E-state index in [1.807, 2.05) is 0 Å². The van der Waals surface area contributed by atoms with Crippen LogP contribution in [0.25, 0.3) is 22.1 Å². The van der Waals surface area contributed by atoms with Crippen LogP contribution < -0.4 is 26.4 Å². The standard InChI is InChI=1S/C71H85BN2O/c1-42-31-58-61-59(32-42)74(56-39-52-49(66(8,9)25-28-69(52,14)15)36-47(56)43-23-21-20-22-24-43)57-40-53-51(68(12,13)27-29-70(53,16)17)38-55(57)72(61)63-62(73(58)46-34-44(64(2,3)4)33-45(35-46)65(5,6)7)48-37-50-54(41-60(48)75-63)71(18,19)30-26-67(50,10)11/h20-24,31-41H,25-30H2,1-19H3. The fourth-order valence-corrected chi connectivity index (χ4v) is 14.5. The van der Waals surface area contributed by atoms with Crippen molar-refractivity contribution < 1.29 is 4.42 Å². The Bertz CT molecular complexity index is 3510. The Morgan fingerprint density at radius 1 is 0.453 bits per heavy atom. The SMILES string of the molecule is Cc1cc2c3c(c1)N(c1cc(C(C)(C)C)cc(C(C)(C)C)c1)c1c(oc4cc5c(cc14)C(C)(C)CCC5(C)C)B3c1cc3c(cc1N2c1cc2c(cc1-c1ccccc1)C(C)(C)CCC2(C)C)C(C)(C)CCC3(C)C. The number of fused-ring (bicyclic) bond motifs is 9. The summed E-state index contributed by atoms with van der Waals surface area (Å²) < 4.78 is 7.84. The monoisotopic (exact) mass is 993 g/mol. The maximum absolute atomic E-state index is 7.84. The third-order valence-corrected chi connectivity index (χ3v) is 20.0. The lowest BCUT2D eigenvalue weighted by Gasteiger charge is -2.47. The van der Waals surface area contributed by atoms with Gasteiger partial charge < -0.3 is 14.2 Å². The van der Waals surface area contributed by atoms with Gasteiger partial charge in [-0.3, -0.25) is 0 Å². The summed E-state index contributed by atoms with van der Waals surface area (Å²) in [6.45, 7) is 46.2. The number of aryl methyl sites for hydroxylation is 1. The van der Waals surface area contributed by atoms with Crippen LogP contribution in [-0.4, -0.2) is 6.71 Å². The molecule has 388 valence electrons. The minimum atomic E-state index is -0.147. The van der Waals surface area contributed by atoms with Crippen molar-refractivity contribution in [3.63, 3.8) is 0 Å². The Morgan fingerprint density at radius 2 is 0.893 bits per heavy atom. The predicted molar refractivity (Wildman–Crippen MR) is 324 cm³/mol. The van der Waals surface area contributed by atoms with E-state index in [1.54, 1.807) is 0 Å². The third kappa shape index (κ3) is 7.62. The number of nitrogens with zero attached hydrogens (tertiary/aromatic N) is 2. The van der Waals surface area contributed by atoms with Crippen molar-refractivity contribution in [2.75, 3.05) is 9.80 Å². The summed E-state index contributed by atoms with van der Waals surface area (Å²) in [5.74, 6) is 0. The maximum atomic E-state index is 7.84. The first-order valence-electron chi connectivity index (χ1n) is 28.7. The molecule has 0 spiro atoms. The molecule has 1 aromatic heterocycles. The summed E-state index contributed by atoms with van der Waals surface area (Å²) >= 11 is 0. The van der Waals surface area contributed by atoms with Crippen molar-refractivity contribution in [1.82, 2.24) is 0 Å². The average molecular weight is 993 g/mol. The number of rotatable bonds is 3. The minimum absolute atomic E-state index is 0.00209.